The molecule has 1 unspecified atom stereocenters. The summed E-state index contributed by atoms with van der Waals surface area (Å²) in [4.78, 5) is 0. The molecule has 0 aliphatic carbocycles. The van der Waals surface area contributed by atoms with E-state index < -0.39 is 6.29 Å². The molecule has 0 amide bonds. The van der Waals surface area contributed by atoms with Crippen LogP contribution in [0.2, 0.25) is 0 Å². The molecule has 0 fully saturated rings. The summed E-state index contributed by atoms with van der Waals surface area (Å²) in [7, 11) is 1.49. The second kappa shape index (κ2) is 8.96. The quantitative estimate of drug-likeness (QED) is 0.437. The summed E-state index contributed by atoms with van der Waals surface area (Å²) in [5.41, 5.74) is 0.817. The number of phenolic OH excluding ortho intramolecular Hbond substituents is 1. The minimum absolute atomic E-state index is 0.0891. The van der Waals surface area contributed by atoms with Crippen molar-refractivity contribution in [1.29, 1.82) is 0 Å². The zero-order valence-corrected chi connectivity index (χ0v) is 12.5. The maximum Gasteiger partial charge on any atom is 0.174 e. The fraction of sp³-hybridized carbons (Fsp3) is 0.429. The van der Waals surface area contributed by atoms with Gasteiger partial charge in [0.1, 0.15) is 0 Å². The lowest BCUT2D eigenvalue weighted by molar-refractivity contribution is -0.0641. The number of alkyl halides is 1. The van der Waals surface area contributed by atoms with Crippen LogP contribution in [0.1, 0.15) is 18.4 Å². The zero-order chi connectivity index (χ0) is 14.1. The van der Waals surface area contributed by atoms with Crippen LogP contribution < -0.4 is 4.74 Å². The number of hydrogen-bond acceptors (Lipinski definition) is 4. The smallest absolute Gasteiger partial charge is 0.174 e. The number of aromatic hydroxyl groups is 1. The van der Waals surface area contributed by atoms with Gasteiger partial charge in [0.05, 0.1) is 13.7 Å². The van der Waals surface area contributed by atoms with Gasteiger partial charge in [-0.3, -0.25) is 0 Å². The van der Waals surface area contributed by atoms with Gasteiger partial charge in [0.25, 0.3) is 0 Å². The topological polar surface area (TPSA) is 58.9 Å². The van der Waals surface area contributed by atoms with E-state index in [0.717, 1.165) is 23.7 Å². The largest absolute Gasteiger partial charge is 0.504 e. The molecule has 0 saturated heterocycles. The first-order chi connectivity index (χ1) is 9.17. The van der Waals surface area contributed by atoms with Gasteiger partial charge in [0, 0.05) is 5.33 Å². The summed E-state index contributed by atoms with van der Waals surface area (Å²) >= 11 is 3.33. The molecule has 0 bridgehead atoms. The van der Waals surface area contributed by atoms with Crippen LogP contribution in [-0.4, -0.2) is 35.5 Å². The fourth-order valence-electron chi connectivity index (χ4n) is 1.45. The second-order valence-electron chi connectivity index (χ2n) is 3.95. The van der Waals surface area contributed by atoms with E-state index in [1.165, 1.54) is 7.11 Å². The van der Waals surface area contributed by atoms with Crippen LogP contribution in [0.5, 0.6) is 11.5 Å². The van der Waals surface area contributed by atoms with Gasteiger partial charge in [-0.25, -0.2) is 0 Å². The van der Waals surface area contributed by atoms with Gasteiger partial charge in [-0.05, 0) is 36.6 Å². The zero-order valence-electron chi connectivity index (χ0n) is 10.9. The molecule has 0 radical (unpaired) electrons. The summed E-state index contributed by atoms with van der Waals surface area (Å²) in [6.45, 7) is 0.524. The van der Waals surface area contributed by atoms with Crippen LogP contribution in [-0.2, 0) is 4.74 Å². The molecule has 0 aromatic heterocycles. The molecule has 0 aliphatic heterocycles. The first kappa shape index (κ1) is 16.0. The lowest BCUT2D eigenvalue weighted by Crippen LogP contribution is -2.09. The summed E-state index contributed by atoms with van der Waals surface area (Å²) in [6, 6.07) is 4.96. The first-order valence-corrected chi connectivity index (χ1v) is 7.20. The van der Waals surface area contributed by atoms with Crippen LogP contribution in [0.3, 0.4) is 0 Å². The molecule has 0 heterocycles. The maximum absolute atomic E-state index is 9.59. The summed E-state index contributed by atoms with van der Waals surface area (Å²) < 4.78 is 10.2. The van der Waals surface area contributed by atoms with Crippen molar-refractivity contribution >= 4 is 22.0 Å². The van der Waals surface area contributed by atoms with Crippen molar-refractivity contribution in [2.24, 2.45) is 0 Å². The van der Waals surface area contributed by atoms with E-state index in [2.05, 4.69) is 15.9 Å². The molecule has 106 valence electrons. The number of benzene rings is 1. The molecule has 1 rings (SSSR count). The van der Waals surface area contributed by atoms with Crippen LogP contribution in [0.15, 0.2) is 24.3 Å². The Hall–Kier alpha value is -1.04. The third-order valence-corrected chi connectivity index (χ3v) is 3.03. The summed E-state index contributed by atoms with van der Waals surface area (Å²) in [5, 5.41) is 20.0. The van der Waals surface area contributed by atoms with E-state index in [1.54, 1.807) is 30.4 Å². The van der Waals surface area contributed by atoms with Gasteiger partial charge in [-0.15, -0.1) is 0 Å². The predicted octanol–water partition coefficient (Wildman–Crippen LogP) is 2.92. The van der Waals surface area contributed by atoms with Crippen molar-refractivity contribution in [3.05, 3.63) is 29.8 Å². The van der Waals surface area contributed by atoms with E-state index in [0.29, 0.717) is 12.4 Å². The molecule has 5 heteroatoms. The standard InChI is InChI=1S/C14H19BrO4/c1-18-13-10-11(4-6-12(13)16)5-7-14(17)19-9-3-2-8-15/h4-7,10,14,16-17H,2-3,8-9H2,1H3/b7-5+. The van der Waals surface area contributed by atoms with Crippen molar-refractivity contribution in [2.45, 2.75) is 19.1 Å². The predicted molar refractivity (Wildman–Crippen MR) is 78.7 cm³/mol. The number of aliphatic hydroxyl groups excluding tert-OH is 1. The average Bonchev–Trinajstić information content (AvgIpc) is 2.42. The second-order valence-corrected chi connectivity index (χ2v) is 4.74. The van der Waals surface area contributed by atoms with Crippen molar-refractivity contribution < 1.29 is 19.7 Å². The Kier molecular flexibility index (Phi) is 7.55. The molecule has 4 nitrogen and oxygen atoms in total. The molecule has 19 heavy (non-hydrogen) atoms. The molecule has 0 aliphatic rings. The number of unbranched alkanes of at least 4 members (excludes halogenated alkanes) is 1. The first-order valence-electron chi connectivity index (χ1n) is 6.08. The Morgan fingerprint density at radius 3 is 2.84 bits per heavy atom. The number of rotatable bonds is 8. The number of halogens is 1. The van der Waals surface area contributed by atoms with Crippen LogP contribution in [0.25, 0.3) is 6.08 Å². The van der Waals surface area contributed by atoms with Crippen LogP contribution in [0, 0.1) is 0 Å². The van der Waals surface area contributed by atoms with Gasteiger partial charge in [0.2, 0.25) is 0 Å². The van der Waals surface area contributed by atoms with Gasteiger partial charge < -0.3 is 19.7 Å². The maximum atomic E-state index is 9.59. The molecule has 1 aromatic carbocycles. The minimum atomic E-state index is -0.921. The Morgan fingerprint density at radius 2 is 2.16 bits per heavy atom. The monoisotopic (exact) mass is 330 g/mol. The Balaban J connectivity index is 2.46. The van der Waals surface area contributed by atoms with E-state index in [9.17, 15) is 10.2 Å². The number of ether oxygens (including phenoxy) is 2. The molecule has 1 atom stereocenters. The highest BCUT2D eigenvalue weighted by Gasteiger charge is 2.02. The average molecular weight is 331 g/mol. The Morgan fingerprint density at radius 1 is 1.37 bits per heavy atom. The highest BCUT2D eigenvalue weighted by atomic mass is 79.9. The van der Waals surface area contributed by atoms with Gasteiger partial charge >= 0.3 is 0 Å². The number of hydrogen-bond donors (Lipinski definition) is 2. The third kappa shape index (κ3) is 6.09. The van der Waals surface area contributed by atoms with Gasteiger partial charge in [-0.1, -0.05) is 28.1 Å². The van der Waals surface area contributed by atoms with E-state index in [4.69, 9.17) is 9.47 Å². The van der Waals surface area contributed by atoms with Crippen molar-refractivity contribution in [2.75, 3.05) is 19.0 Å². The minimum Gasteiger partial charge on any atom is -0.504 e. The molecular formula is C14H19BrO4. The molecule has 1 aromatic rings. The summed E-state index contributed by atoms with van der Waals surface area (Å²) in [5.74, 6) is 0.487. The van der Waals surface area contributed by atoms with Gasteiger partial charge in [0.15, 0.2) is 17.8 Å². The van der Waals surface area contributed by atoms with Gasteiger partial charge in [-0.2, -0.15) is 0 Å². The van der Waals surface area contributed by atoms with Crippen molar-refractivity contribution in [3.8, 4) is 11.5 Å². The van der Waals surface area contributed by atoms with Crippen molar-refractivity contribution in [1.82, 2.24) is 0 Å². The number of phenols is 1. The highest BCUT2D eigenvalue weighted by Crippen LogP contribution is 2.26. The normalized spacial score (nSPS) is 12.8. The molecule has 0 spiro atoms. The molecule has 0 saturated carbocycles. The van der Waals surface area contributed by atoms with Crippen LogP contribution in [0.4, 0.5) is 0 Å². The molecular weight excluding hydrogens is 312 g/mol. The van der Waals surface area contributed by atoms with Crippen molar-refractivity contribution in [3.63, 3.8) is 0 Å². The van der Waals surface area contributed by atoms with E-state index in [-0.39, 0.29) is 5.75 Å². The highest BCUT2D eigenvalue weighted by molar-refractivity contribution is 9.09. The number of aliphatic hydroxyl groups is 1. The van der Waals surface area contributed by atoms with E-state index >= 15 is 0 Å². The number of methoxy groups -OCH3 is 1. The Labute approximate surface area is 121 Å². The molecule has 2 N–H and O–H groups in total. The Bertz CT molecular complexity index is 406. The lowest BCUT2D eigenvalue weighted by Gasteiger charge is -2.07. The third-order valence-electron chi connectivity index (χ3n) is 2.47. The van der Waals surface area contributed by atoms with Crippen LogP contribution >= 0.6 is 15.9 Å². The summed E-state index contributed by atoms with van der Waals surface area (Å²) in [6.07, 6.45) is 4.28. The SMILES string of the molecule is COc1cc(/C=C/C(O)OCCCCBr)ccc1O. The lowest BCUT2D eigenvalue weighted by atomic mass is 10.2. The van der Waals surface area contributed by atoms with E-state index in [1.807, 2.05) is 0 Å². The fourth-order valence-corrected chi connectivity index (χ4v) is 1.84.